The van der Waals surface area contributed by atoms with E-state index in [0.717, 1.165) is 18.1 Å². The van der Waals surface area contributed by atoms with Gasteiger partial charge in [-0.25, -0.2) is 0 Å². The Morgan fingerprint density at radius 1 is 1.24 bits per heavy atom. The zero-order valence-electron chi connectivity index (χ0n) is 13.9. The first-order valence-corrected chi connectivity index (χ1v) is 8.53. The minimum absolute atomic E-state index is 0.267. The summed E-state index contributed by atoms with van der Waals surface area (Å²) >= 11 is 0. The highest BCUT2D eigenvalue weighted by Crippen LogP contribution is 2.34. The molecule has 1 aromatic carbocycles. The van der Waals surface area contributed by atoms with Gasteiger partial charge in [0.2, 0.25) is 0 Å². The number of rotatable bonds is 6. The highest BCUT2D eigenvalue weighted by Gasteiger charge is 2.25. The van der Waals surface area contributed by atoms with E-state index >= 15 is 0 Å². The van der Waals surface area contributed by atoms with Crippen LogP contribution >= 0.6 is 0 Å². The molecule has 0 bridgehead atoms. The van der Waals surface area contributed by atoms with Crippen LogP contribution in [-0.4, -0.2) is 13.2 Å². The van der Waals surface area contributed by atoms with E-state index in [9.17, 15) is 0 Å². The van der Waals surface area contributed by atoms with Crippen LogP contribution < -0.4 is 10.5 Å². The standard InChI is InChI=1S/C19H31NO/c1-4-5-15-7-9-16(10-8-15)18(20)13-17-12-14(2)6-11-19(17)21-3/h6,11-12,15-16,18H,4-5,7-10,13,20H2,1-3H3. The highest BCUT2D eigenvalue weighted by atomic mass is 16.5. The van der Waals surface area contributed by atoms with Gasteiger partial charge in [-0.3, -0.25) is 0 Å². The summed E-state index contributed by atoms with van der Waals surface area (Å²) in [5, 5.41) is 0. The molecule has 1 unspecified atom stereocenters. The SMILES string of the molecule is CCCC1CCC(C(N)Cc2cc(C)ccc2OC)CC1. The molecule has 0 spiro atoms. The van der Waals surface area contributed by atoms with E-state index in [1.807, 2.05) is 0 Å². The minimum atomic E-state index is 0.267. The second-order valence-electron chi connectivity index (χ2n) is 6.75. The van der Waals surface area contributed by atoms with Crippen LogP contribution in [0.25, 0.3) is 0 Å². The number of hydrogen-bond donors (Lipinski definition) is 1. The van der Waals surface area contributed by atoms with Gasteiger partial charge in [0.05, 0.1) is 7.11 Å². The van der Waals surface area contributed by atoms with Gasteiger partial charge in [-0.05, 0) is 49.7 Å². The summed E-state index contributed by atoms with van der Waals surface area (Å²) in [5.74, 6) is 2.62. The van der Waals surface area contributed by atoms with Crippen molar-refractivity contribution in [3.05, 3.63) is 29.3 Å². The van der Waals surface area contributed by atoms with Gasteiger partial charge in [0.15, 0.2) is 0 Å². The molecular formula is C19H31NO. The molecule has 1 aliphatic rings. The molecule has 2 N–H and O–H groups in total. The molecule has 21 heavy (non-hydrogen) atoms. The van der Waals surface area contributed by atoms with Crippen molar-refractivity contribution < 1.29 is 4.74 Å². The third kappa shape index (κ3) is 4.47. The molecule has 118 valence electrons. The monoisotopic (exact) mass is 289 g/mol. The zero-order valence-corrected chi connectivity index (χ0v) is 13.9. The fourth-order valence-electron chi connectivity index (χ4n) is 3.80. The molecule has 0 saturated heterocycles. The summed E-state index contributed by atoms with van der Waals surface area (Å²) in [6, 6.07) is 6.66. The smallest absolute Gasteiger partial charge is 0.122 e. The normalized spacial score (nSPS) is 23.8. The number of hydrogen-bond acceptors (Lipinski definition) is 2. The molecule has 1 fully saturated rings. The zero-order chi connectivity index (χ0) is 15.2. The Labute approximate surface area is 130 Å². The van der Waals surface area contributed by atoms with Gasteiger partial charge < -0.3 is 10.5 Å². The van der Waals surface area contributed by atoms with Gasteiger partial charge in [0.25, 0.3) is 0 Å². The van der Waals surface area contributed by atoms with E-state index < -0.39 is 0 Å². The second-order valence-corrected chi connectivity index (χ2v) is 6.75. The summed E-state index contributed by atoms with van der Waals surface area (Å²) in [5.41, 5.74) is 9.06. The third-order valence-electron chi connectivity index (χ3n) is 5.09. The highest BCUT2D eigenvalue weighted by molar-refractivity contribution is 5.37. The number of nitrogens with two attached hydrogens (primary N) is 1. The third-order valence-corrected chi connectivity index (χ3v) is 5.09. The fraction of sp³-hybridized carbons (Fsp3) is 0.684. The van der Waals surface area contributed by atoms with Crippen molar-refractivity contribution in [1.82, 2.24) is 0 Å². The van der Waals surface area contributed by atoms with E-state index in [1.165, 1.54) is 49.7 Å². The summed E-state index contributed by atoms with van der Waals surface area (Å²) in [6.45, 7) is 4.42. The molecule has 0 aliphatic heterocycles. The molecule has 2 nitrogen and oxygen atoms in total. The molecule has 1 aromatic rings. The maximum absolute atomic E-state index is 6.52. The molecule has 2 heteroatoms. The van der Waals surface area contributed by atoms with E-state index in [2.05, 4.69) is 32.0 Å². The van der Waals surface area contributed by atoms with Crippen LogP contribution in [0.5, 0.6) is 5.75 Å². The predicted octanol–water partition coefficient (Wildman–Crippen LogP) is 4.48. The van der Waals surface area contributed by atoms with E-state index in [4.69, 9.17) is 10.5 Å². The maximum atomic E-state index is 6.52. The van der Waals surface area contributed by atoms with Crippen molar-refractivity contribution in [2.75, 3.05) is 7.11 Å². The Morgan fingerprint density at radius 3 is 2.57 bits per heavy atom. The molecule has 1 aliphatic carbocycles. The quantitative estimate of drug-likeness (QED) is 0.838. The van der Waals surface area contributed by atoms with Crippen molar-refractivity contribution in [3.63, 3.8) is 0 Å². The Bertz CT molecular complexity index is 435. The fourth-order valence-corrected chi connectivity index (χ4v) is 3.80. The molecular weight excluding hydrogens is 258 g/mol. The molecule has 1 saturated carbocycles. The lowest BCUT2D eigenvalue weighted by atomic mass is 9.76. The average molecular weight is 289 g/mol. The van der Waals surface area contributed by atoms with E-state index in [0.29, 0.717) is 5.92 Å². The van der Waals surface area contributed by atoms with E-state index in [1.54, 1.807) is 7.11 Å². The van der Waals surface area contributed by atoms with Crippen LogP contribution in [0.3, 0.4) is 0 Å². The van der Waals surface area contributed by atoms with Crippen molar-refractivity contribution in [3.8, 4) is 5.75 Å². The van der Waals surface area contributed by atoms with E-state index in [-0.39, 0.29) is 6.04 Å². The van der Waals surface area contributed by atoms with Crippen molar-refractivity contribution in [2.24, 2.45) is 17.6 Å². The topological polar surface area (TPSA) is 35.2 Å². The Hall–Kier alpha value is -1.02. The minimum Gasteiger partial charge on any atom is -0.496 e. The van der Waals surface area contributed by atoms with Crippen LogP contribution in [0, 0.1) is 18.8 Å². The molecule has 1 atom stereocenters. The first kappa shape index (κ1) is 16.4. The average Bonchev–Trinajstić information content (AvgIpc) is 2.48. The largest absolute Gasteiger partial charge is 0.496 e. The predicted molar refractivity (Wildman–Crippen MR) is 89.8 cm³/mol. The Balaban J connectivity index is 1.93. The second kappa shape index (κ2) is 7.84. The Morgan fingerprint density at radius 2 is 1.95 bits per heavy atom. The van der Waals surface area contributed by atoms with Crippen LogP contribution in [0.2, 0.25) is 0 Å². The number of aryl methyl sites for hydroxylation is 1. The molecule has 0 radical (unpaired) electrons. The molecule has 2 rings (SSSR count). The molecule has 0 amide bonds. The van der Waals surface area contributed by atoms with Gasteiger partial charge >= 0.3 is 0 Å². The number of ether oxygens (including phenoxy) is 1. The summed E-state index contributed by atoms with van der Waals surface area (Å²) in [4.78, 5) is 0. The summed E-state index contributed by atoms with van der Waals surface area (Å²) < 4.78 is 5.48. The summed E-state index contributed by atoms with van der Waals surface area (Å²) in [6.07, 6.45) is 9.01. The maximum Gasteiger partial charge on any atom is 0.122 e. The van der Waals surface area contributed by atoms with Crippen molar-refractivity contribution in [2.45, 2.75) is 64.8 Å². The lowest BCUT2D eigenvalue weighted by molar-refractivity contribution is 0.232. The van der Waals surface area contributed by atoms with Crippen LogP contribution in [0.4, 0.5) is 0 Å². The van der Waals surface area contributed by atoms with Crippen LogP contribution in [0.15, 0.2) is 18.2 Å². The summed E-state index contributed by atoms with van der Waals surface area (Å²) in [7, 11) is 1.75. The number of benzene rings is 1. The van der Waals surface area contributed by atoms with Gasteiger partial charge in [0, 0.05) is 6.04 Å². The lowest BCUT2D eigenvalue weighted by Gasteiger charge is -2.32. The molecule has 0 heterocycles. The number of methoxy groups -OCH3 is 1. The molecule has 0 aromatic heterocycles. The van der Waals surface area contributed by atoms with Gasteiger partial charge in [-0.15, -0.1) is 0 Å². The first-order chi connectivity index (χ1) is 10.1. The lowest BCUT2D eigenvalue weighted by Crippen LogP contribution is -2.35. The van der Waals surface area contributed by atoms with Crippen LogP contribution in [-0.2, 0) is 6.42 Å². The van der Waals surface area contributed by atoms with Gasteiger partial charge in [0.1, 0.15) is 5.75 Å². The Kier molecular flexibility index (Phi) is 6.10. The van der Waals surface area contributed by atoms with Gasteiger partial charge in [-0.1, -0.05) is 50.3 Å². The van der Waals surface area contributed by atoms with Crippen LogP contribution in [0.1, 0.15) is 56.6 Å². The van der Waals surface area contributed by atoms with Crippen molar-refractivity contribution >= 4 is 0 Å². The van der Waals surface area contributed by atoms with Crippen molar-refractivity contribution in [1.29, 1.82) is 0 Å². The first-order valence-electron chi connectivity index (χ1n) is 8.53. The van der Waals surface area contributed by atoms with Gasteiger partial charge in [-0.2, -0.15) is 0 Å².